The molecule has 2 N–H and O–H groups in total. The van der Waals surface area contributed by atoms with E-state index in [-0.39, 0.29) is 0 Å². The van der Waals surface area contributed by atoms with Gasteiger partial charge in [-0.1, -0.05) is 20.3 Å². The van der Waals surface area contributed by atoms with Crippen LogP contribution in [-0.4, -0.2) is 23.1 Å². The van der Waals surface area contributed by atoms with E-state index in [0.717, 1.165) is 28.9 Å². The van der Waals surface area contributed by atoms with Crippen molar-refractivity contribution in [2.45, 2.75) is 58.9 Å². The fraction of sp³-hybridized carbons (Fsp3) is 0.733. The molecule has 1 unspecified atom stereocenters. The Labute approximate surface area is 116 Å². The summed E-state index contributed by atoms with van der Waals surface area (Å²) in [6.07, 6.45) is 4.06. The van der Waals surface area contributed by atoms with Gasteiger partial charge < -0.3 is 10.6 Å². The summed E-state index contributed by atoms with van der Waals surface area (Å²) in [6, 6.07) is 0.493. The summed E-state index contributed by atoms with van der Waals surface area (Å²) in [5.41, 5.74) is 1.11. The smallest absolute Gasteiger partial charge is 0.135 e. The van der Waals surface area contributed by atoms with E-state index < -0.39 is 0 Å². The van der Waals surface area contributed by atoms with Gasteiger partial charge in [0.25, 0.3) is 0 Å². The van der Waals surface area contributed by atoms with Crippen LogP contribution in [0.1, 0.15) is 57.3 Å². The summed E-state index contributed by atoms with van der Waals surface area (Å²) < 4.78 is 0. The van der Waals surface area contributed by atoms with E-state index in [1.165, 1.54) is 19.3 Å². The Morgan fingerprint density at radius 1 is 1.11 bits per heavy atom. The van der Waals surface area contributed by atoms with Crippen LogP contribution < -0.4 is 10.6 Å². The maximum Gasteiger partial charge on any atom is 0.135 e. The van der Waals surface area contributed by atoms with Crippen molar-refractivity contribution in [3.8, 4) is 0 Å². The first kappa shape index (κ1) is 14.1. The van der Waals surface area contributed by atoms with Crippen molar-refractivity contribution in [2.75, 3.05) is 17.7 Å². The molecule has 2 rings (SSSR count). The zero-order valence-corrected chi connectivity index (χ0v) is 12.7. The lowest BCUT2D eigenvalue weighted by atomic mass is 9.80. The van der Waals surface area contributed by atoms with Crippen LogP contribution in [0.2, 0.25) is 0 Å². The van der Waals surface area contributed by atoms with Crippen LogP contribution in [-0.2, 0) is 0 Å². The first-order chi connectivity index (χ1) is 9.02. The van der Waals surface area contributed by atoms with Crippen molar-refractivity contribution in [3.05, 3.63) is 11.4 Å². The van der Waals surface area contributed by atoms with Gasteiger partial charge in [0.2, 0.25) is 0 Å². The second-order valence-electron chi connectivity index (χ2n) is 5.93. The molecule has 4 heteroatoms. The minimum Gasteiger partial charge on any atom is -0.373 e. The average Bonchev–Trinajstić information content (AvgIpc) is 2.29. The molecule has 19 heavy (non-hydrogen) atoms. The van der Waals surface area contributed by atoms with E-state index in [1.54, 1.807) is 0 Å². The van der Waals surface area contributed by atoms with Crippen LogP contribution in [0.15, 0.2) is 0 Å². The molecule has 0 radical (unpaired) electrons. The number of anilines is 2. The first-order valence-electron chi connectivity index (χ1n) is 7.35. The van der Waals surface area contributed by atoms with E-state index in [0.29, 0.717) is 12.0 Å². The van der Waals surface area contributed by atoms with Gasteiger partial charge in [-0.2, -0.15) is 0 Å². The van der Waals surface area contributed by atoms with Crippen molar-refractivity contribution in [2.24, 2.45) is 5.92 Å². The minimum absolute atomic E-state index is 0.340. The Balaban J connectivity index is 2.24. The molecule has 1 heterocycles. The van der Waals surface area contributed by atoms with Gasteiger partial charge in [0, 0.05) is 24.6 Å². The lowest BCUT2D eigenvalue weighted by Gasteiger charge is -2.32. The maximum atomic E-state index is 4.70. The van der Waals surface area contributed by atoms with Gasteiger partial charge in [0.15, 0.2) is 0 Å². The zero-order valence-electron chi connectivity index (χ0n) is 12.7. The molecule has 0 saturated heterocycles. The highest BCUT2D eigenvalue weighted by Crippen LogP contribution is 2.32. The third kappa shape index (κ3) is 2.99. The molecule has 1 atom stereocenters. The van der Waals surface area contributed by atoms with E-state index in [1.807, 2.05) is 7.05 Å². The van der Waals surface area contributed by atoms with Crippen LogP contribution in [0.3, 0.4) is 0 Å². The highest BCUT2D eigenvalue weighted by atomic mass is 15.1. The molecule has 0 amide bonds. The standard InChI is InChI=1S/C15H26N4/c1-9(2)13-18-14(16-5)10(3)15(19-13)17-11(4)12-7-6-8-12/h9,11-12H,6-8H2,1-5H3,(H2,16,17,18,19). The van der Waals surface area contributed by atoms with Crippen molar-refractivity contribution in [1.29, 1.82) is 0 Å². The molecule has 1 aliphatic rings. The lowest BCUT2D eigenvalue weighted by Crippen LogP contribution is -2.31. The SMILES string of the molecule is CNc1nc(C(C)C)nc(NC(C)C2CCC2)c1C. The number of aromatic nitrogens is 2. The minimum atomic E-state index is 0.340. The van der Waals surface area contributed by atoms with Gasteiger partial charge in [0.1, 0.15) is 17.5 Å². The van der Waals surface area contributed by atoms with Crippen LogP contribution >= 0.6 is 0 Å². The number of nitrogens with zero attached hydrogens (tertiary/aromatic N) is 2. The normalized spacial score (nSPS) is 17.2. The quantitative estimate of drug-likeness (QED) is 0.852. The summed E-state index contributed by atoms with van der Waals surface area (Å²) in [7, 11) is 1.92. The number of hydrogen-bond acceptors (Lipinski definition) is 4. The molecule has 1 aromatic rings. The number of nitrogens with one attached hydrogen (secondary N) is 2. The molecule has 0 bridgehead atoms. The molecule has 1 saturated carbocycles. The predicted molar refractivity (Wildman–Crippen MR) is 80.8 cm³/mol. The first-order valence-corrected chi connectivity index (χ1v) is 7.35. The largest absolute Gasteiger partial charge is 0.373 e. The second-order valence-corrected chi connectivity index (χ2v) is 5.93. The van der Waals surface area contributed by atoms with Crippen LogP contribution in [0.5, 0.6) is 0 Å². The average molecular weight is 262 g/mol. The molecule has 106 valence electrons. The lowest BCUT2D eigenvalue weighted by molar-refractivity contribution is 0.285. The van der Waals surface area contributed by atoms with Crippen LogP contribution in [0, 0.1) is 12.8 Å². The Morgan fingerprint density at radius 2 is 1.74 bits per heavy atom. The molecule has 1 aliphatic carbocycles. The predicted octanol–water partition coefficient (Wildman–Crippen LogP) is 3.55. The molecule has 0 aliphatic heterocycles. The third-order valence-corrected chi connectivity index (χ3v) is 4.14. The fourth-order valence-corrected chi connectivity index (χ4v) is 2.45. The summed E-state index contributed by atoms with van der Waals surface area (Å²) in [5, 5.41) is 6.76. The van der Waals surface area contributed by atoms with Crippen LogP contribution in [0.25, 0.3) is 0 Å². The van der Waals surface area contributed by atoms with Crippen LogP contribution in [0.4, 0.5) is 11.6 Å². The van der Waals surface area contributed by atoms with Crippen molar-refractivity contribution < 1.29 is 0 Å². The fourth-order valence-electron chi connectivity index (χ4n) is 2.45. The molecular weight excluding hydrogens is 236 g/mol. The Morgan fingerprint density at radius 3 is 2.21 bits per heavy atom. The molecule has 0 aromatic carbocycles. The molecule has 1 fully saturated rings. The molecule has 0 spiro atoms. The van der Waals surface area contributed by atoms with Gasteiger partial charge >= 0.3 is 0 Å². The summed E-state index contributed by atoms with van der Waals surface area (Å²) in [4.78, 5) is 9.27. The summed E-state index contributed by atoms with van der Waals surface area (Å²) in [5.74, 6) is 3.96. The highest BCUT2D eigenvalue weighted by molar-refractivity contribution is 5.57. The van der Waals surface area contributed by atoms with E-state index in [2.05, 4.69) is 43.3 Å². The summed E-state index contributed by atoms with van der Waals surface area (Å²) in [6.45, 7) is 8.59. The number of hydrogen-bond donors (Lipinski definition) is 2. The molecule has 4 nitrogen and oxygen atoms in total. The van der Waals surface area contributed by atoms with Gasteiger partial charge in [-0.05, 0) is 32.6 Å². The Hall–Kier alpha value is -1.32. The Bertz CT molecular complexity index is 438. The van der Waals surface area contributed by atoms with Gasteiger partial charge in [-0.3, -0.25) is 0 Å². The van der Waals surface area contributed by atoms with Gasteiger partial charge in [-0.25, -0.2) is 9.97 Å². The van der Waals surface area contributed by atoms with E-state index in [9.17, 15) is 0 Å². The highest BCUT2D eigenvalue weighted by Gasteiger charge is 2.25. The second kappa shape index (κ2) is 5.76. The van der Waals surface area contributed by atoms with Gasteiger partial charge in [0.05, 0.1) is 0 Å². The maximum absolute atomic E-state index is 4.70. The van der Waals surface area contributed by atoms with Crippen molar-refractivity contribution in [3.63, 3.8) is 0 Å². The van der Waals surface area contributed by atoms with Crippen molar-refractivity contribution in [1.82, 2.24) is 9.97 Å². The molecular formula is C15H26N4. The monoisotopic (exact) mass is 262 g/mol. The van der Waals surface area contributed by atoms with E-state index >= 15 is 0 Å². The topological polar surface area (TPSA) is 49.8 Å². The van der Waals surface area contributed by atoms with E-state index in [4.69, 9.17) is 4.98 Å². The Kier molecular flexibility index (Phi) is 4.27. The third-order valence-electron chi connectivity index (χ3n) is 4.14. The van der Waals surface area contributed by atoms with Crippen molar-refractivity contribution >= 4 is 11.6 Å². The van der Waals surface area contributed by atoms with Gasteiger partial charge in [-0.15, -0.1) is 0 Å². The number of rotatable bonds is 5. The zero-order chi connectivity index (χ0) is 14.0. The summed E-state index contributed by atoms with van der Waals surface area (Å²) >= 11 is 0. The molecule has 1 aromatic heterocycles.